The molecule has 1 saturated heterocycles. The zero-order chi connectivity index (χ0) is 15.2. The number of hydrogen-bond acceptors (Lipinski definition) is 4. The van der Waals surface area contributed by atoms with E-state index in [0.717, 1.165) is 12.2 Å². The Bertz CT molecular complexity index is 499. The first-order valence-corrected chi connectivity index (χ1v) is 6.91. The number of nitrogens with zero attached hydrogens (tertiary/aromatic N) is 1. The summed E-state index contributed by atoms with van der Waals surface area (Å²) in [6.07, 6.45) is 1.44. The smallest absolute Gasteiger partial charge is 0.326 e. The van der Waals surface area contributed by atoms with Gasteiger partial charge in [0.15, 0.2) is 0 Å². The van der Waals surface area contributed by atoms with Crippen LogP contribution in [-0.4, -0.2) is 48.2 Å². The maximum Gasteiger partial charge on any atom is 0.326 e. The molecule has 1 aliphatic heterocycles. The zero-order valence-electron chi connectivity index (χ0n) is 11.9. The van der Waals surface area contributed by atoms with Crippen LogP contribution in [0.2, 0.25) is 0 Å². The van der Waals surface area contributed by atoms with Crippen molar-refractivity contribution in [1.82, 2.24) is 4.90 Å². The number of carboxylic acids is 1. The number of ether oxygens (including phenoxy) is 2. The molecule has 1 heterocycles. The Morgan fingerprint density at radius 1 is 1.29 bits per heavy atom. The van der Waals surface area contributed by atoms with Gasteiger partial charge in [-0.25, -0.2) is 4.79 Å². The lowest BCUT2D eigenvalue weighted by Crippen LogP contribution is -2.40. The molecule has 1 amide bonds. The van der Waals surface area contributed by atoms with Crippen LogP contribution >= 0.6 is 0 Å². The highest BCUT2D eigenvalue weighted by molar-refractivity contribution is 5.84. The molecule has 1 fully saturated rings. The molecular weight excluding hydrogens is 274 g/mol. The second kappa shape index (κ2) is 6.97. The van der Waals surface area contributed by atoms with Crippen molar-refractivity contribution in [3.63, 3.8) is 0 Å². The minimum atomic E-state index is -0.933. The predicted molar refractivity (Wildman–Crippen MR) is 75.5 cm³/mol. The maximum absolute atomic E-state index is 12.0. The number of amides is 1. The quantitative estimate of drug-likeness (QED) is 0.861. The van der Waals surface area contributed by atoms with Gasteiger partial charge in [-0.3, -0.25) is 4.79 Å². The molecule has 2 rings (SSSR count). The van der Waals surface area contributed by atoms with E-state index in [9.17, 15) is 9.59 Å². The van der Waals surface area contributed by atoms with Gasteiger partial charge in [-0.1, -0.05) is 0 Å². The van der Waals surface area contributed by atoms with Gasteiger partial charge in [0.1, 0.15) is 17.5 Å². The largest absolute Gasteiger partial charge is 0.497 e. The summed E-state index contributed by atoms with van der Waals surface area (Å²) >= 11 is 0. The number of carboxylic acid groups (broad SMARTS) is 1. The molecule has 1 aromatic rings. The first-order valence-electron chi connectivity index (χ1n) is 6.91. The second-order valence-corrected chi connectivity index (χ2v) is 4.86. The number of benzene rings is 1. The Labute approximate surface area is 123 Å². The highest BCUT2D eigenvalue weighted by Crippen LogP contribution is 2.19. The highest BCUT2D eigenvalue weighted by Gasteiger charge is 2.33. The summed E-state index contributed by atoms with van der Waals surface area (Å²) in [5.41, 5.74) is 0. The topological polar surface area (TPSA) is 76.1 Å². The van der Waals surface area contributed by atoms with Gasteiger partial charge in [0.2, 0.25) is 5.91 Å². The van der Waals surface area contributed by atoms with Gasteiger partial charge in [0.05, 0.1) is 20.1 Å². The van der Waals surface area contributed by atoms with Crippen LogP contribution in [0.5, 0.6) is 11.5 Å². The molecule has 1 aromatic carbocycles. The summed E-state index contributed by atoms with van der Waals surface area (Å²) in [5.74, 6) is 0.282. The molecular formula is C15H19NO5. The fourth-order valence-electron chi connectivity index (χ4n) is 2.39. The average Bonchev–Trinajstić information content (AvgIpc) is 2.97. The van der Waals surface area contributed by atoms with Crippen LogP contribution in [0, 0.1) is 0 Å². The van der Waals surface area contributed by atoms with E-state index in [1.807, 2.05) is 0 Å². The summed E-state index contributed by atoms with van der Waals surface area (Å²) in [4.78, 5) is 24.5. The lowest BCUT2D eigenvalue weighted by Gasteiger charge is -2.21. The van der Waals surface area contributed by atoms with Crippen molar-refractivity contribution in [3.8, 4) is 11.5 Å². The van der Waals surface area contributed by atoms with Crippen LogP contribution in [0.25, 0.3) is 0 Å². The first-order chi connectivity index (χ1) is 10.1. The molecule has 0 aromatic heterocycles. The Kier molecular flexibility index (Phi) is 5.03. The van der Waals surface area contributed by atoms with Crippen molar-refractivity contribution >= 4 is 11.9 Å². The standard InChI is InChI=1S/C15H19NO5/c1-20-11-4-6-12(7-5-11)21-10-8-14(17)16-9-2-3-13(16)15(18)19/h4-7,13H,2-3,8-10H2,1H3,(H,18,19)/t13-/m1/s1. The summed E-state index contributed by atoms with van der Waals surface area (Å²) in [5, 5.41) is 9.05. The SMILES string of the molecule is COc1ccc(OCCC(=O)N2CCC[C@@H]2C(=O)O)cc1. The molecule has 0 unspecified atom stereocenters. The molecule has 0 aliphatic carbocycles. The molecule has 0 bridgehead atoms. The predicted octanol–water partition coefficient (Wildman–Crippen LogP) is 1.54. The van der Waals surface area contributed by atoms with E-state index in [1.54, 1.807) is 31.4 Å². The van der Waals surface area contributed by atoms with Gasteiger partial charge in [-0.2, -0.15) is 0 Å². The number of likely N-dealkylation sites (tertiary alicyclic amines) is 1. The lowest BCUT2D eigenvalue weighted by molar-refractivity contribution is -0.148. The van der Waals surface area contributed by atoms with E-state index in [1.165, 1.54) is 4.90 Å². The van der Waals surface area contributed by atoms with Crippen LogP contribution in [0.4, 0.5) is 0 Å². The molecule has 1 atom stereocenters. The third-order valence-electron chi connectivity index (χ3n) is 3.50. The number of hydrogen-bond donors (Lipinski definition) is 1. The summed E-state index contributed by atoms with van der Waals surface area (Å²) < 4.78 is 10.5. The Morgan fingerprint density at radius 2 is 1.95 bits per heavy atom. The first kappa shape index (κ1) is 15.2. The van der Waals surface area contributed by atoms with E-state index < -0.39 is 12.0 Å². The highest BCUT2D eigenvalue weighted by atomic mass is 16.5. The third-order valence-corrected chi connectivity index (χ3v) is 3.50. The van der Waals surface area contributed by atoms with E-state index in [-0.39, 0.29) is 18.9 Å². The van der Waals surface area contributed by atoms with Gasteiger partial charge in [0.25, 0.3) is 0 Å². The van der Waals surface area contributed by atoms with Crippen LogP contribution in [0.1, 0.15) is 19.3 Å². The molecule has 6 heteroatoms. The summed E-state index contributed by atoms with van der Waals surface area (Å²) in [6.45, 7) is 0.742. The maximum atomic E-state index is 12.0. The van der Waals surface area contributed by atoms with E-state index in [0.29, 0.717) is 18.7 Å². The van der Waals surface area contributed by atoms with Gasteiger partial charge < -0.3 is 19.5 Å². The van der Waals surface area contributed by atoms with Crippen LogP contribution in [0.15, 0.2) is 24.3 Å². The van der Waals surface area contributed by atoms with E-state index >= 15 is 0 Å². The molecule has 1 N–H and O–H groups in total. The molecule has 0 radical (unpaired) electrons. The lowest BCUT2D eigenvalue weighted by atomic mass is 10.2. The second-order valence-electron chi connectivity index (χ2n) is 4.86. The third kappa shape index (κ3) is 3.87. The average molecular weight is 293 g/mol. The number of rotatable bonds is 6. The van der Waals surface area contributed by atoms with Crippen molar-refractivity contribution in [2.45, 2.75) is 25.3 Å². The van der Waals surface area contributed by atoms with Gasteiger partial charge in [-0.15, -0.1) is 0 Å². The van der Waals surface area contributed by atoms with Crippen LogP contribution in [-0.2, 0) is 9.59 Å². The van der Waals surface area contributed by atoms with Gasteiger partial charge in [0, 0.05) is 6.54 Å². The molecule has 0 saturated carbocycles. The van der Waals surface area contributed by atoms with Crippen molar-refractivity contribution in [2.24, 2.45) is 0 Å². The Balaban J connectivity index is 1.79. The van der Waals surface area contributed by atoms with Crippen molar-refractivity contribution < 1.29 is 24.2 Å². The summed E-state index contributed by atoms with van der Waals surface area (Å²) in [7, 11) is 1.59. The monoisotopic (exact) mass is 293 g/mol. The van der Waals surface area contributed by atoms with Gasteiger partial charge >= 0.3 is 5.97 Å². The van der Waals surface area contributed by atoms with Crippen LogP contribution in [0.3, 0.4) is 0 Å². The Morgan fingerprint density at radius 3 is 2.57 bits per heavy atom. The zero-order valence-corrected chi connectivity index (χ0v) is 11.9. The number of carbonyl (C=O) groups is 2. The van der Waals surface area contributed by atoms with Crippen molar-refractivity contribution in [3.05, 3.63) is 24.3 Å². The van der Waals surface area contributed by atoms with Crippen molar-refractivity contribution in [1.29, 1.82) is 0 Å². The number of aliphatic carboxylic acids is 1. The minimum Gasteiger partial charge on any atom is -0.497 e. The normalized spacial score (nSPS) is 17.6. The van der Waals surface area contributed by atoms with E-state index in [4.69, 9.17) is 14.6 Å². The number of methoxy groups -OCH3 is 1. The molecule has 1 aliphatic rings. The van der Waals surface area contributed by atoms with Gasteiger partial charge in [-0.05, 0) is 37.1 Å². The molecule has 114 valence electrons. The molecule has 21 heavy (non-hydrogen) atoms. The summed E-state index contributed by atoms with van der Waals surface area (Å²) in [6, 6.07) is 6.40. The van der Waals surface area contributed by atoms with E-state index in [2.05, 4.69) is 0 Å². The van der Waals surface area contributed by atoms with Crippen LogP contribution < -0.4 is 9.47 Å². The Hall–Kier alpha value is -2.24. The van der Waals surface area contributed by atoms with Crippen molar-refractivity contribution in [2.75, 3.05) is 20.3 Å². The molecule has 0 spiro atoms. The minimum absolute atomic E-state index is 0.173. The fourth-order valence-corrected chi connectivity index (χ4v) is 2.39. The number of carbonyl (C=O) groups excluding carboxylic acids is 1. The molecule has 6 nitrogen and oxygen atoms in total. The fraction of sp³-hybridized carbons (Fsp3) is 0.467.